The third kappa shape index (κ3) is 6.24. The molecule has 0 atom stereocenters. The number of halogens is 6. The van der Waals surface area contributed by atoms with Crippen LogP contribution < -0.4 is 11.1 Å². The maximum atomic E-state index is 13.2. The summed E-state index contributed by atoms with van der Waals surface area (Å²) in [6.07, 6.45) is -8.17. The van der Waals surface area contributed by atoms with E-state index in [0.717, 1.165) is 12.8 Å². The number of alkyl halides is 6. The molecule has 184 valence electrons. The molecule has 3 N–H and O–H groups in total. The zero-order valence-corrected chi connectivity index (χ0v) is 18.2. The second-order valence-corrected chi connectivity index (χ2v) is 8.32. The highest BCUT2D eigenvalue weighted by molar-refractivity contribution is 5.93. The molecule has 2 heterocycles. The lowest BCUT2D eigenvalue weighted by molar-refractivity contribution is -0.143. The van der Waals surface area contributed by atoms with E-state index in [1.165, 1.54) is 0 Å². The number of nitrogens with zero attached hydrogens (tertiary/aromatic N) is 3. The van der Waals surface area contributed by atoms with Crippen molar-refractivity contribution < 1.29 is 31.1 Å². The second kappa shape index (κ2) is 9.70. The molecule has 0 aliphatic carbocycles. The van der Waals surface area contributed by atoms with Crippen molar-refractivity contribution in [2.24, 2.45) is 5.73 Å². The summed E-state index contributed by atoms with van der Waals surface area (Å²) in [5, 5.41) is 2.86. The third-order valence-corrected chi connectivity index (χ3v) is 5.81. The van der Waals surface area contributed by atoms with Gasteiger partial charge in [-0.25, -0.2) is 0 Å². The number of carbonyl (C=O) groups excluding carboxylic acids is 1. The van der Waals surface area contributed by atoms with Gasteiger partial charge < -0.3 is 25.8 Å². The first-order valence-electron chi connectivity index (χ1n) is 10.6. The maximum absolute atomic E-state index is 13.2. The van der Waals surface area contributed by atoms with Crippen LogP contribution >= 0.6 is 0 Å². The fourth-order valence-corrected chi connectivity index (χ4v) is 3.91. The summed E-state index contributed by atoms with van der Waals surface area (Å²) >= 11 is 0. The highest BCUT2D eigenvalue weighted by Crippen LogP contribution is 2.36. The Kier molecular flexibility index (Phi) is 7.35. The van der Waals surface area contributed by atoms with Gasteiger partial charge >= 0.3 is 12.4 Å². The Bertz CT molecular complexity index is 852. The molecule has 0 saturated carbocycles. The Balaban J connectivity index is 1.90. The number of likely N-dealkylation sites (tertiary alicyclic amines) is 1. The predicted octanol–water partition coefficient (Wildman–Crippen LogP) is 2.81. The summed E-state index contributed by atoms with van der Waals surface area (Å²) in [7, 11) is 1.92. The number of piperazine rings is 1. The summed E-state index contributed by atoms with van der Waals surface area (Å²) < 4.78 is 79.1. The summed E-state index contributed by atoms with van der Waals surface area (Å²) in [5.74, 6) is -0.167. The Morgan fingerprint density at radius 2 is 1.39 bits per heavy atom. The van der Waals surface area contributed by atoms with Gasteiger partial charge in [-0.3, -0.25) is 4.79 Å². The van der Waals surface area contributed by atoms with E-state index in [9.17, 15) is 31.1 Å². The van der Waals surface area contributed by atoms with E-state index >= 15 is 0 Å². The smallest absolute Gasteiger partial charge is 0.391 e. The van der Waals surface area contributed by atoms with Crippen LogP contribution in [0.1, 0.15) is 29.5 Å². The van der Waals surface area contributed by atoms with E-state index in [1.807, 2.05) is 11.9 Å². The van der Waals surface area contributed by atoms with Gasteiger partial charge in [0.15, 0.2) is 0 Å². The van der Waals surface area contributed by atoms with E-state index in [0.29, 0.717) is 51.4 Å². The van der Waals surface area contributed by atoms with Gasteiger partial charge in [-0.15, -0.1) is 0 Å². The Labute approximate surface area is 188 Å². The number of likely N-dealkylation sites (N-methyl/N-ethyl adjacent to an activating group) is 1. The largest absolute Gasteiger partial charge is 0.416 e. The van der Waals surface area contributed by atoms with Gasteiger partial charge in [-0.1, -0.05) is 0 Å². The molecule has 2 aliphatic rings. The lowest BCUT2D eigenvalue weighted by Gasteiger charge is -2.36. The molecule has 1 aromatic rings. The highest BCUT2D eigenvalue weighted by atomic mass is 19.4. The molecule has 0 spiro atoms. The minimum Gasteiger partial charge on any atom is -0.391 e. The first-order valence-corrected chi connectivity index (χ1v) is 10.6. The third-order valence-electron chi connectivity index (χ3n) is 5.81. The Hall–Kier alpha value is -2.63. The molecule has 0 bridgehead atoms. The molecule has 33 heavy (non-hydrogen) atoms. The van der Waals surface area contributed by atoms with Gasteiger partial charge in [-0.05, 0) is 43.7 Å². The molecule has 0 radical (unpaired) electrons. The van der Waals surface area contributed by atoms with Crippen LogP contribution in [-0.4, -0.2) is 66.9 Å². The van der Waals surface area contributed by atoms with Crippen LogP contribution in [0.15, 0.2) is 29.7 Å². The van der Waals surface area contributed by atoms with Crippen LogP contribution in [0.25, 0.3) is 0 Å². The van der Waals surface area contributed by atoms with Gasteiger partial charge in [0.05, 0.1) is 11.1 Å². The van der Waals surface area contributed by atoms with Crippen LogP contribution in [0.4, 0.5) is 26.3 Å². The molecule has 2 aliphatic heterocycles. The number of nitrogens with one attached hydrogen (secondary N) is 1. The molecular weight excluding hydrogens is 452 g/mol. The molecule has 0 unspecified atom stereocenters. The summed E-state index contributed by atoms with van der Waals surface area (Å²) in [5.41, 5.74) is 3.09. The van der Waals surface area contributed by atoms with Crippen molar-refractivity contribution in [3.63, 3.8) is 0 Å². The van der Waals surface area contributed by atoms with Crippen LogP contribution in [-0.2, 0) is 23.7 Å². The van der Waals surface area contributed by atoms with Crippen LogP contribution in [0.2, 0.25) is 0 Å². The summed E-state index contributed by atoms with van der Waals surface area (Å²) in [4.78, 5) is 18.3. The fraction of sp³-hybridized carbons (Fsp3) is 0.571. The van der Waals surface area contributed by atoms with E-state index in [2.05, 4.69) is 10.2 Å². The standard InChI is InChI=1S/C21H27F6N5O/c1-30-6-8-31(9-7-30)18(17(28)19(33)32-4-2-3-5-32)29-13-14-10-15(20(22,23)24)12-16(11-14)21(25,26)27/h10-12,29H,2-9,13,28H2,1H3/b18-17+. The van der Waals surface area contributed by atoms with Crippen molar-refractivity contribution in [2.45, 2.75) is 31.7 Å². The van der Waals surface area contributed by atoms with Crippen molar-refractivity contribution in [3.05, 3.63) is 46.4 Å². The summed E-state index contributed by atoms with van der Waals surface area (Å²) in [6, 6.07) is 1.43. The first-order chi connectivity index (χ1) is 15.4. The zero-order chi connectivity index (χ0) is 24.4. The van der Waals surface area contributed by atoms with Crippen molar-refractivity contribution in [3.8, 4) is 0 Å². The van der Waals surface area contributed by atoms with Crippen molar-refractivity contribution in [1.29, 1.82) is 0 Å². The van der Waals surface area contributed by atoms with Crippen LogP contribution in [0.3, 0.4) is 0 Å². The molecule has 0 aromatic heterocycles. The summed E-state index contributed by atoms with van der Waals surface area (Å²) in [6.45, 7) is 3.08. The number of amides is 1. The topological polar surface area (TPSA) is 64.8 Å². The molecule has 12 heteroatoms. The molecular formula is C21H27F6N5O. The highest BCUT2D eigenvalue weighted by Gasteiger charge is 2.37. The molecule has 3 rings (SSSR count). The fourth-order valence-electron chi connectivity index (χ4n) is 3.91. The van der Waals surface area contributed by atoms with Crippen molar-refractivity contribution in [2.75, 3.05) is 46.3 Å². The Morgan fingerprint density at radius 3 is 1.88 bits per heavy atom. The quantitative estimate of drug-likeness (QED) is 0.503. The SMILES string of the molecule is CN1CCN(/C(NCc2cc(C(F)(F)F)cc(C(F)(F)F)c2)=C(/N)C(=O)N2CCCC2)CC1. The second-order valence-electron chi connectivity index (χ2n) is 8.32. The number of nitrogens with two attached hydrogens (primary N) is 1. The molecule has 1 aromatic carbocycles. The molecule has 2 saturated heterocycles. The van der Waals surface area contributed by atoms with Crippen LogP contribution in [0, 0.1) is 0 Å². The van der Waals surface area contributed by atoms with E-state index < -0.39 is 29.4 Å². The molecule has 2 fully saturated rings. The van der Waals surface area contributed by atoms with Gasteiger partial charge in [-0.2, -0.15) is 26.3 Å². The van der Waals surface area contributed by atoms with E-state index in [4.69, 9.17) is 5.73 Å². The lowest BCUT2D eigenvalue weighted by Crippen LogP contribution is -2.48. The molecule has 1 amide bonds. The van der Waals surface area contributed by atoms with Gasteiger partial charge in [0.2, 0.25) is 0 Å². The van der Waals surface area contributed by atoms with Crippen molar-refractivity contribution in [1.82, 2.24) is 20.0 Å². The van der Waals surface area contributed by atoms with Gasteiger partial charge in [0.25, 0.3) is 5.91 Å². The first kappa shape index (κ1) is 25.0. The number of rotatable bonds is 5. The van der Waals surface area contributed by atoms with Gasteiger partial charge in [0.1, 0.15) is 11.5 Å². The number of benzene rings is 1. The minimum absolute atomic E-state index is 0.0893. The van der Waals surface area contributed by atoms with E-state index in [1.54, 1.807) is 4.90 Å². The van der Waals surface area contributed by atoms with Gasteiger partial charge in [0, 0.05) is 45.8 Å². The number of hydrogen-bond acceptors (Lipinski definition) is 5. The lowest BCUT2D eigenvalue weighted by atomic mass is 10.0. The maximum Gasteiger partial charge on any atom is 0.416 e. The van der Waals surface area contributed by atoms with E-state index in [-0.39, 0.29) is 29.7 Å². The number of carbonyl (C=O) groups is 1. The average Bonchev–Trinajstić information content (AvgIpc) is 3.28. The zero-order valence-electron chi connectivity index (χ0n) is 18.2. The van der Waals surface area contributed by atoms with Crippen molar-refractivity contribution >= 4 is 5.91 Å². The minimum atomic E-state index is -4.93. The number of hydrogen-bond donors (Lipinski definition) is 2. The van der Waals surface area contributed by atoms with Crippen LogP contribution in [0.5, 0.6) is 0 Å². The monoisotopic (exact) mass is 479 g/mol. The normalized spacial score (nSPS) is 19.0. The molecule has 6 nitrogen and oxygen atoms in total. The average molecular weight is 479 g/mol. The predicted molar refractivity (Wildman–Crippen MR) is 109 cm³/mol. The Morgan fingerprint density at radius 1 is 0.879 bits per heavy atom.